The third-order valence-corrected chi connectivity index (χ3v) is 3.34. The molecule has 2 heteroatoms. The highest BCUT2D eigenvalue weighted by molar-refractivity contribution is 5.22. The van der Waals surface area contributed by atoms with Crippen LogP contribution in [0.1, 0.15) is 37.8 Å². The average Bonchev–Trinajstić information content (AvgIpc) is 2.31. The Morgan fingerprint density at radius 2 is 1.94 bits per heavy atom. The first-order chi connectivity index (χ1) is 8.21. The summed E-state index contributed by atoms with van der Waals surface area (Å²) in [5.74, 6) is 0. The van der Waals surface area contributed by atoms with Gasteiger partial charge in [0.15, 0.2) is 0 Å². The monoisotopic (exact) mass is 234 g/mol. The predicted molar refractivity (Wildman–Crippen MR) is 75.0 cm³/mol. The van der Waals surface area contributed by atoms with E-state index < -0.39 is 0 Å². The summed E-state index contributed by atoms with van der Waals surface area (Å²) in [5, 5.41) is 0. The van der Waals surface area contributed by atoms with E-state index in [1.807, 2.05) is 0 Å². The molecule has 0 atom stereocenters. The van der Waals surface area contributed by atoms with E-state index in [-0.39, 0.29) is 0 Å². The molecule has 0 aliphatic rings. The Morgan fingerprint density at radius 3 is 2.47 bits per heavy atom. The topological polar surface area (TPSA) is 29.3 Å². The van der Waals surface area contributed by atoms with E-state index in [4.69, 9.17) is 5.73 Å². The van der Waals surface area contributed by atoms with Gasteiger partial charge in [-0.05, 0) is 25.3 Å². The van der Waals surface area contributed by atoms with E-state index in [9.17, 15) is 0 Å². The van der Waals surface area contributed by atoms with Crippen molar-refractivity contribution in [2.45, 2.75) is 46.2 Å². The molecule has 96 valence electrons. The zero-order chi connectivity index (χ0) is 12.7. The van der Waals surface area contributed by atoms with Gasteiger partial charge in [0.05, 0.1) is 0 Å². The highest BCUT2D eigenvalue weighted by atomic mass is 15.2. The standard InChI is InChI=1S/C15H26N2/c1-4-15(5-2)17(10-9-16)12-14-8-6-7-13(3)11-14/h6-8,11,15H,4-5,9-10,12,16H2,1-3H3. The van der Waals surface area contributed by atoms with E-state index in [2.05, 4.69) is 49.9 Å². The molecule has 0 saturated heterocycles. The molecule has 17 heavy (non-hydrogen) atoms. The molecule has 0 unspecified atom stereocenters. The number of hydrogen-bond acceptors (Lipinski definition) is 2. The Kier molecular flexibility index (Phi) is 6.23. The summed E-state index contributed by atoms with van der Waals surface area (Å²) in [6, 6.07) is 9.41. The van der Waals surface area contributed by atoms with Crippen LogP contribution in [0, 0.1) is 6.92 Å². The molecule has 0 radical (unpaired) electrons. The first kappa shape index (κ1) is 14.2. The van der Waals surface area contributed by atoms with E-state index in [0.29, 0.717) is 6.04 Å². The first-order valence-corrected chi connectivity index (χ1v) is 6.70. The third kappa shape index (κ3) is 4.49. The summed E-state index contributed by atoms with van der Waals surface area (Å²) in [7, 11) is 0. The van der Waals surface area contributed by atoms with Crippen molar-refractivity contribution in [3.05, 3.63) is 35.4 Å². The highest BCUT2D eigenvalue weighted by Crippen LogP contribution is 2.14. The van der Waals surface area contributed by atoms with Crippen LogP contribution in [-0.4, -0.2) is 24.0 Å². The molecule has 0 aromatic heterocycles. The highest BCUT2D eigenvalue weighted by Gasteiger charge is 2.14. The van der Waals surface area contributed by atoms with Gasteiger partial charge in [0.2, 0.25) is 0 Å². The lowest BCUT2D eigenvalue weighted by molar-refractivity contribution is 0.182. The van der Waals surface area contributed by atoms with E-state index in [0.717, 1.165) is 19.6 Å². The molecule has 1 aromatic carbocycles. The molecule has 0 aliphatic heterocycles. The van der Waals surface area contributed by atoms with Gasteiger partial charge >= 0.3 is 0 Å². The van der Waals surface area contributed by atoms with Crippen molar-refractivity contribution in [2.75, 3.05) is 13.1 Å². The fourth-order valence-electron chi connectivity index (χ4n) is 2.41. The van der Waals surface area contributed by atoms with Crippen LogP contribution in [0.15, 0.2) is 24.3 Å². The van der Waals surface area contributed by atoms with Crippen molar-refractivity contribution in [1.29, 1.82) is 0 Å². The second-order valence-electron chi connectivity index (χ2n) is 4.72. The van der Waals surface area contributed by atoms with Gasteiger partial charge in [-0.15, -0.1) is 0 Å². The number of nitrogens with two attached hydrogens (primary N) is 1. The summed E-state index contributed by atoms with van der Waals surface area (Å²) in [6.07, 6.45) is 2.39. The second kappa shape index (κ2) is 7.46. The van der Waals surface area contributed by atoms with E-state index >= 15 is 0 Å². The quantitative estimate of drug-likeness (QED) is 0.786. The summed E-state index contributed by atoms with van der Waals surface area (Å²) in [5.41, 5.74) is 8.45. The van der Waals surface area contributed by atoms with Crippen LogP contribution in [0.2, 0.25) is 0 Å². The molecule has 2 N–H and O–H groups in total. The number of rotatable bonds is 7. The maximum Gasteiger partial charge on any atom is 0.0237 e. The van der Waals surface area contributed by atoms with Crippen LogP contribution in [0.25, 0.3) is 0 Å². The van der Waals surface area contributed by atoms with Crippen molar-refractivity contribution in [3.8, 4) is 0 Å². The lowest BCUT2D eigenvalue weighted by Crippen LogP contribution is -2.37. The second-order valence-corrected chi connectivity index (χ2v) is 4.72. The summed E-state index contributed by atoms with van der Waals surface area (Å²) >= 11 is 0. The Hall–Kier alpha value is -0.860. The summed E-state index contributed by atoms with van der Waals surface area (Å²) < 4.78 is 0. The predicted octanol–water partition coefficient (Wildman–Crippen LogP) is 2.94. The van der Waals surface area contributed by atoms with Crippen molar-refractivity contribution in [2.24, 2.45) is 5.73 Å². The molecule has 0 spiro atoms. The maximum atomic E-state index is 5.72. The molecule has 1 rings (SSSR count). The Bertz CT molecular complexity index is 318. The molecule has 0 fully saturated rings. The van der Waals surface area contributed by atoms with Gasteiger partial charge in [0.1, 0.15) is 0 Å². The Morgan fingerprint density at radius 1 is 1.24 bits per heavy atom. The minimum absolute atomic E-state index is 0.652. The van der Waals surface area contributed by atoms with E-state index in [1.54, 1.807) is 0 Å². The fraction of sp³-hybridized carbons (Fsp3) is 0.600. The number of benzene rings is 1. The van der Waals surface area contributed by atoms with Gasteiger partial charge in [0, 0.05) is 25.7 Å². The SMILES string of the molecule is CCC(CC)N(CCN)Cc1cccc(C)c1. The van der Waals surface area contributed by atoms with Gasteiger partial charge in [-0.3, -0.25) is 4.90 Å². The average molecular weight is 234 g/mol. The molecule has 0 saturated carbocycles. The van der Waals surface area contributed by atoms with Gasteiger partial charge in [-0.2, -0.15) is 0 Å². The van der Waals surface area contributed by atoms with Crippen LogP contribution in [0.4, 0.5) is 0 Å². The lowest BCUT2D eigenvalue weighted by Gasteiger charge is -2.30. The molecular formula is C15H26N2. The smallest absolute Gasteiger partial charge is 0.0237 e. The van der Waals surface area contributed by atoms with Crippen LogP contribution in [-0.2, 0) is 6.54 Å². The summed E-state index contributed by atoms with van der Waals surface area (Å²) in [4.78, 5) is 2.51. The van der Waals surface area contributed by atoms with Crippen LogP contribution in [0.5, 0.6) is 0 Å². The molecule has 2 nitrogen and oxygen atoms in total. The van der Waals surface area contributed by atoms with Crippen molar-refractivity contribution < 1.29 is 0 Å². The van der Waals surface area contributed by atoms with Crippen molar-refractivity contribution in [1.82, 2.24) is 4.90 Å². The molecule has 0 aliphatic carbocycles. The zero-order valence-corrected chi connectivity index (χ0v) is 11.4. The Balaban J connectivity index is 2.71. The number of aryl methyl sites for hydroxylation is 1. The minimum atomic E-state index is 0.652. The molecule has 1 aromatic rings. The minimum Gasteiger partial charge on any atom is -0.329 e. The zero-order valence-electron chi connectivity index (χ0n) is 11.4. The van der Waals surface area contributed by atoms with Crippen LogP contribution < -0.4 is 5.73 Å². The molecular weight excluding hydrogens is 208 g/mol. The maximum absolute atomic E-state index is 5.72. The van der Waals surface area contributed by atoms with Gasteiger partial charge in [0.25, 0.3) is 0 Å². The number of nitrogens with zero attached hydrogens (tertiary/aromatic N) is 1. The van der Waals surface area contributed by atoms with E-state index in [1.165, 1.54) is 24.0 Å². The normalized spacial score (nSPS) is 11.4. The first-order valence-electron chi connectivity index (χ1n) is 6.70. The largest absolute Gasteiger partial charge is 0.329 e. The van der Waals surface area contributed by atoms with Gasteiger partial charge in [-0.1, -0.05) is 43.7 Å². The van der Waals surface area contributed by atoms with Crippen LogP contribution >= 0.6 is 0 Å². The molecule has 0 heterocycles. The van der Waals surface area contributed by atoms with Crippen molar-refractivity contribution >= 4 is 0 Å². The third-order valence-electron chi connectivity index (χ3n) is 3.34. The Labute approximate surface area is 106 Å². The van der Waals surface area contributed by atoms with Crippen molar-refractivity contribution in [3.63, 3.8) is 0 Å². The fourth-order valence-corrected chi connectivity index (χ4v) is 2.41. The number of hydrogen-bond donors (Lipinski definition) is 1. The molecule has 0 bridgehead atoms. The summed E-state index contributed by atoms with van der Waals surface area (Å²) in [6.45, 7) is 9.41. The van der Waals surface area contributed by atoms with Gasteiger partial charge < -0.3 is 5.73 Å². The molecule has 0 amide bonds. The lowest BCUT2D eigenvalue weighted by atomic mass is 10.1. The van der Waals surface area contributed by atoms with Gasteiger partial charge in [-0.25, -0.2) is 0 Å². The van der Waals surface area contributed by atoms with Crippen LogP contribution in [0.3, 0.4) is 0 Å².